The second-order valence-electron chi connectivity index (χ2n) is 25.1. The van der Waals surface area contributed by atoms with E-state index in [0.717, 1.165) is 101 Å². The molecule has 4 aliphatic heterocycles. The minimum absolute atomic E-state index is 0.000437. The summed E-state index contributed by atoms with van der Waals surface area (Å²) >= 11 is 0. The highest BCUT2D eigenvalue weighted by molar-refractivity contribution is 5.66. The third-order valence-electron chi connectivity index (χ3n) is 17.7. The Morgan fingerprint density at radius 2 is 1.05 bits per heavy atom. The summed E-state index contributed by atoms with van der Waals surface area (Å²) in [5.74, 6) is 7.27. The Bertz CT molecular complexity index is 2830. The molecule has 4 N–H and O–H groups in total. The van der Waals surface area contributed by atoms with Crippen molar-refractivity contribution in [3.8, 4) is 58.3 Å². The van der Waals surface area contributed by atoms with Crippen molar-refractivity contribution >= 4 is 11.9 Å². The van der Waals surface area contributed by atoms with Crippen LogP contribution in [0, 0.1) is 12.3 Å². The van der Waals surface area contributed by atoms with Gasteiger partial charge in [-0.2, -0.15) is 0 Å². The molecule has 0 saturated heterocycles. The molecule has 0 spiro atoms. The van der Waals surface area contributed by atoms with Crippen molar-refractivity contribution < 1.29 is 67.9 Å². The highest BCUT2D eigenvalue weighted by atomic mass is 16.6. The van der Waals surface area contributed by atoms with E-state index in [0.29, 0.717) is 53.1 Å². The van der Waals surface area contributed by atoms with Gasteiger partial charge in [0.05, 0.1) is 52.9 Å². The van der Waals surface area contributed by atoms with Crippen LogP contribution >= 0.6 is 0 Å². The molecule has 0 amide bonds. The Morgan fingerprint density at radius 3 is 1.58 bits per heavy atom. The lowest BCUT2D eigenvalue weighted by Crippen LogP contribution is -2.34. The summed E-state index contributed by atoms with van der Waals surface area (Å²) in [4.78, 5) is 26.0. The number of ether oxygens (including phenoxy) is 8. The Labute approximate surface area is 551 Å². The molecule has 6 unspecified atom stereocenters. The molecule has 6 bridgehead atoms. The highest BCUT2D eigenvalue weighted by Crippen LogP contribution is 2.52. The third kappa shape index (κ3) is 26.6. The first-order chi connectivity index (χ1) is 44.5. The molecule has 4 heterocycles. The van der Waals surface area contributed by atoms with Crippen molar-refractivity contribution in [1.29, 1.82) is 0 Å². The first-order valence-corrected chi connectivity index (χ1v) is 34.1. The molecule has 92 heavy (non-hydrogen) atoms. The lowest BCUT2D eigenvalue weighted by molar-refractivity contribution is -0.145. The lowest BCUT2D eigenvalue weighted by Gasteiger charge is -2.37. The number of terminal acetylenes is 1. The average Bonchev–Trinajstić information content (AvgIpc) is 0.760. The monoisotopic (exact) mass is 1280 g/mol. The second-order valence-corrected chi connectivity index (χ2v) is 25.1. The van der Waals surface area contributed by atoms with E-state index in [1.54, 1.807) is 28.4 Å². The molecule has 0 aromatic heterocycles. The normalized spacial score (nSPS) is 16.3. The molecule has 4 aliphatic rings. The number of methoxy groups -OCH3 is 4. The number of allylic oxidation sites excluding steroid dienone is 1. The maximum Gasteiger partial charge on any atom is 0.302 e. The zero-order valence-electron chi connectivity index (χ0n) is 57.0. The van der Waals surface area contributed by atoms with Gasteiger partial charge in [-0.25, -0.2) is 0 Å². The number of carbonyl (C=O) groups excluding carboxylic acids is 2. The van der Waals surface area contributed by atoms with Gasteiger partial charge in [-0.05, 0) is 142 Å². The number of fused-ring (bicyclic) bond motifs is 2. The van der Waals surface area contributed by atoms with Gasteiger partial charge in [0.2, 0.25) is 5.75 Å². The number of hydrogen-bond donors (Lipinski definition) is 4. The van der Waals surface area contributed by atoms with Crippen LogP contribution in [-0.2, 0) is 44.7 Å². The minimum atomic E-state index is -0.775. The fourth-order valence-electron chi connectivity index (χ4n) is 12.5. The predicted molar refractivity (Wildman–Crippen MR) is 365 cm³/mol. The lowest BCUT2D eigenvalue weighted by atomic mass is 9.87. The van der Waals surface area contributed by atoms with Gasteiger partial charge in [0.15, 0.2) is 34.5 Å². The molecule has 4 aromatic rings. The van der Waals surface area contributed by atoms with Crippen LogP contribution in [-0.4, -0.2) is 135 Å². The van der Waals surface area contributed by atoms with E-state index in [4.69, 9.17) is 44.3 Å². The molecular weight excluding hydrogens is 1160 g/mol. The zero-order chi connectivity index (χ0) is 66.6. The van der Waals surface area contributed by atoms with Gasteiger partial charge in [0.1, 0.15) is 19.0 Å². The van der Waals surface area contributed by atoms with Crippen LogP contribution in [0.1, 0.15) is 213 Å². The summed E-state index contributed by atoms with van der Waals surface area (Å²) in [5, 5.41) is 38.8. The van der Waals surface area contributed by atoms with E-state index in [1.807, 2.05) is 24.3 Å². The van der Waals surface area contributed by atoms with Crippen molar-refractivity contribution in [3.63, 3.8) is 0 Å². The van der Waals surface area contributed by atoms with Crippen LogP contribution in [0.15, 0.2) is 73.3 Å². The van der Waals surface area contributed by atoms with E-state index in [-0.39, 0.29) is 38.1 Å². The molecule has 4 aromatic carbocycles. The van der Waals surface area contributed by atoms with Gasteiger partial charge in [-0.3, -0.25) is 19.4 Å². The summed E-state index contributed by atoms with van der Waals surface area (Å²) in [6.45, 7) is 8.14. The van der Waals surface area contributed by atoms with Crippen molar-refractivity contribution in [2.75, 3.05) is 68.8 Å². The van der Waals surface area contributed by atoms with Crippen LogP contribution in [0.5, 0.6) is 46.0 Å². The molecule has 0 saturated carbocycles. The number of aliphatic hydroxyl groups is 4. The van der Waals surface area contributed by atoms with Crippen molar-refractivity contribution in [2.24, 2.45) is 0 Å². The SMILES string of the molecule is C#CCCCCCCCCCCCC(O)CC(O)COC(C)=O.C=CCCCCCCCCCCCC(O)CC(O)COC(C)=O.COc1ccc2cc1Oc1ccc(cc1)CC1c3cc(c(OC)cc3CCN1C)Oc1c(OC)c(OC)cc3c1C(C2)N(C)CC3. The summed E-state index contributed by atoms with van der Waals surface area (Å²) in [6, 6.07) is 21.2. The molecule has 0 fully saturated rings. The van der Waals surface area contributed by atoms with Crippen LogP contribution in [0.4, 0.5) is 0 Å². The fourth-order valence-corrected chi connectivity index (χ4v) is 12.5. The maximum absolute atomic E-state index is 10.6. The number of esters is 2. The van der Waals surface area contributed by atoms with Crippen LogP contribution in [0.3, 0.4) is 0 Å². The number of carbonyl (C=O) groups is 2. The summed E-state index contributed by atoms with van der Waals surface area (Å²) in [5.41, 5.74) is 7.15. The van der Waals surface area contributed by atoms with E-state index in [9.17, 15) is 30.0 Å². The third-order valence-corrected chi connectivity index (χ3v) is 17.7. The minimum Gasteiger partial charge on any atom is -0.493 e. The Balaban J connectivity index is 0.000000283. The van der Waals surface area contributed by atoms with Crippen molar-refractivity contribution in [2.45, 2.75) is 230 Å². The van der Waals surface area contributed by atoms with Gasteiger partial charge in [0, 0.05) is 63.8 Å². The number of benzene rings is 4. The maximum atomic E-state index is 10.6. The van der Waals surface area contributed by atoms with Gasteiger partial charge in [-0.1, -0.05) is 127 Å². The van der Waals surface area contributed by atoms with Gasteiger partial charge in [-0.15, -0.1) is 18.9 Å². The molecule has 510 valence electrons. The number of nitrogens with zero attached hydrogens (tertiary/aromatic N) is 2. The smallest absolute Gasteiger partial charge is 0.302 e. The average molecular weight is 1280 g/mol. The van der Waals surface area contributed by atoms with Crippen molar-refractivity contribution in [1.82, 2.24) is 9.80 Å². The molecule has 16 nitrogen and oxygen atoms in total. The second kappa shape index (κ2) is 42.8. The molecule has 0 radical (unpaired) electrons. The highest BCUT2D eigenvalue weighted by Gasteiger charge is 2.35. The molecule has 0 aliphatic carbocycles. The molecule has 16 heteroatoms. The van der Waals surface area contributed by atoms with Crippen molar-refractivity contribution in [3.05, 3.63) is 107 Å². The Morgan fingerprint density at radius 1 is 0.576 bits per heavy atom. The molecule has 8 rings (SSSR count). The number of unbranched alkanes of at least 4 members (excludes halogenated alkanes) is 18. The topological polar surface area (TPSA) is 195 Å². The van der Waals surface area contributed by atoms with E-state index in [2.05, 4.69) is 78.9 Å². The summed E-state index contributed by atoms with van der Waals surface area (Å²) < 4.78 is 46.5. The first-order valence-electron chi connectivity index (χ1n) is 34.1. The van der Waals surface area contributed by atoms with Crippen LogP contribution in [0.2, 0.25) is 0 Å². The molecule has 6 atom stereocenters. The van der Waals surface area contributed by atoms with Gasteiger partial charge in [0.25, 0.3) is 0 Å². The van der Waals surface area contributed by atoms with E-state index in [1.165, 1.54) is 120 Å². The van der Waals surface area contributed by atoms with Crippen LogP contribution < -0.4 is 28.4 Å². The first kappa shape index (κ1) is 76.4. The number of hydrogen-bond acceptors (Lipinski definition) is 16. The van der Waals surface area contributed by atoms with E-state index < -0.39 is 36.4 Å². The van der Waals surface area contributed by atoms with Crippen LogP contribution in [0.25, 0.3) is 0 Å². The number of aliphatic hydroxyl groups excluding tert-OH is 4. The standard InChI is InChI=1S/C38H42N2O6.C19H36O4.C19H34O4/c1-39-15-13-25-20-32(42-4)34-22-28(25)29(39)17-23-7-10-27(11-8-23)45-33-19-24(9-12-31(33)41-3)18-30-36-26(14-16-40(30)2)21-35(43-5)37(44-6)38(36)46-34;2*1-3-4-5-6-7-8-9-10-11-12-13-14-18(21)15-19(22)16-23-17(2)20/h7-12,19-22,29-30H,13-18H2,1-6H3;3,18-19,21-22H,1,4-16H2,2H3;1,18-19,21-22H,4-16H2,2H3. The summed E-state index contributed by atoms with van der Waals surface area (Å²) in [7, 11) is 11.1. The Kier molecular flexibility index (Phi) is 35.6. The largest absolute Gasteiger partial charge is 0.493 e. The number of rotatable bonds is 35. The van der Waals surface area contributed by atoms with Gasteiger partial charge < -0.3 is 58.3 Å². The van der Waals surface area contributed by atoms with Gasteiger partial charge >= 0.3 is 11.9 Å². The summed E-state index contributed by atoms with van der Waals surface area (Å²) in [6.07, 6.45) is 33.9. The Hall–Kier alpha value is -6.32. The van der Waals surface area contributed by atoms with E-state index >= 15 is 0 Å². The molecular formula is C76H112N2O14. The zero-order valence-corrected chi connectivity index (χ0v) is 57.0. The quantitative estimate of drug-likeness (QED) is 0.0147. The number of likely N-dealkylation sites (N-methyl/N-ethyl adjacent to an activating group) is 2. The fraction of sp³-hybridized carbons (Fsp3) is 0.605. The predicted octanol–water partition coefficient (Wildman–Crippen LogP) is 14.9.